The molecule has 0 bridgehead atoms. The number of carbonyl (C=O) groups is 1. The number of aromatic nitrogens is 3. The molecule has 8 heteroatoms. The molecule has 0 unspecified atom stereocenters. The van der Waals surface area contributed by atoms with Crippen molar-refractivity contribution in [3.05, 3.63) is 41.7 Å². The van der Waals surface area contributed by atoms with Crippen LogP contribution >= 0.6 is 0 Å². The molecular weight excluding hydrogens is 348 g/mol. The molecule has 2 aliphatic rings. The number of carbonyl (C=O) groups excluding carboxylic acids is 1. The molecule has 0 N–H and O–H groups in total. The van der Waals surface area contributed by atoms with Gasteiger partial charge in [-0.15, -0.1) is 5.10 Å². The van der Waals surface area contributed by atoms with Crippen LogP contribution in [0.5, 0.6) is 5.75 Å². The van der Waals surface area contributed by atoms with Crippen molar-refractivity contribution >= 4 is 5.91 Å². The molecule has 0 saturated carbocycles. The molecule has 27 heavy (non-hydrogen) atoms. The van der Waals surface area contributed by atoms with Gasteiger partial charge >= 0.3 is 0 Å². The summed E-state index contributed by atoms with van der Waals surface area (Å²) in [5.41, 5.74) is 1.52. The maximum atomic E-state index is 13.2. The standard InChI is InChI=1S/C19H24N4O4/c1-2-25-9-10-26-17-6-4-3-5-15(17)19(24)22-8-7-18-16(12-22)23-14(13-27-18)11-20-21-23/h3-6,11,16,18H,2,7-10,12-13H2,1H3/t16-,18-/m1/s1. The number of fused-ring (bicyclic) bond motifs is 3. The van der Waals surface area contributed by atoms with Crippen molar-refractivity contribution in [3.63, 3.8) is 0 Å². The molecule has 0 aliphatic carbocycles. The Morgan fingerprint density at radius 2 is 2.22 bits per heavy atom. The Kier molecular flexibility index (Phi) is 5.35. The third-order valence-electron chi connectivity index (χ3n) is 5.02. The zero-order valence-corrected chi connectivity index (χ0v) is 15.4. The van der Waals surface area contributed by atoms with E-state index in [1.54, 1.807) is 6.20 Å². The largest absolute Gasteiger partial charge is 0.490 e. The highest BCUT2D eigenvalue weighted by molar-refractivity contribution is 5.97. The van der Waals surface area contributed by atoms with Crippen molar-refractivity contribution in [2.24, 2.45) is 0 Å². The van der Waals surface area contributed by atoms with Gasteiger partial charge in [0.1, 0.15) is 12.4 Å². The molecular formula is C19H24N4O4. The summed E-state index contributed by atoms with van der Waals surface area (Å²) in [6, 6.07) is 7.36. The van der Waals surface area contributed by atoms with E-state index in [2.05, 4.69) is 10.3 Å². The minimum absolute atomic E-state index is 0.0000141. The summed E-state index contributed by atoms with van der Waals surface area (Å²) in [6.45, 7) is 5.23. The highest BCUT2D eigenvalue weighted by atomic mass is 16.5. The molecule has 0 spiro atoms. The maximum Gasteiger partial charge on any atom is 0.257 e. The minimum atomic E-state index is -0.0345. The number of piperidine rings is 1. The Morgan fingerprint density at radius 1 is 1.33 bits per heavy atom. The van der Waals surface area contributed by atoms with Gasteiger partial charge in [0.05, 0.1) is 42.8 Å². The van der Waals surface area contributed by atoms with Crippen molar-refractivity contribution in [2.75, 3.05) is 32.9 Å². The molecule has 1 amide bonds. The van der Waals surface area contributed by atoms with E-state index >= 15 is 0 Å². The molecule has 144 valence electrons. The Morgan fingerprint density at radius 3 is 3.11 bits per heavy atom. The van der Waals surface area contributed by atoms with Crippen molar-refractivity contribution in [1.82, 2.24) is 19.9 Å². The summed E-state index contributed by atoms with van der Waals surface area (Å²) in [5.74, 6) is 0.554. The van der Waals surface area contributed by atoms with Crippen LogP contribution in [0, 0.1) is 0 Å². The van der Waals surface area contributed by atoms with Crippen LogP contribution in [-0.4, -0.2) is 64.8 Å². The molecule has 1 saturated heterocycles. The van der Waals surface area contributed by atoms with E-state index in [1.807, 2.05) is 40.8 Å². The zero-order chi connectivity index (χ0) is 18.6. The normalized spacial score (nSPS) is 21.4. The van der Waals surface area contributed by atoms with Crippen molar-refractivity contribution in [2.45, 2.75) is 32.1 Å². The van der Waals surface area contributed by atoms with Crippen LogP contribution in [0.2, 0.25) is 0 Å². The second-order valence-corrected chi connectivity index (χ2v) is 6.67. The molecule has 3 heterocycles. The molecule has 4 rings (SSSR count). The van der Waals surface area contributed by atoms with Crippen LogP contribution < -0.4 is 4.74 Å². The van der Waals surface area contributed by atoms with E-state index in [0.717, 1.165) is 12.1 Å². The highest BCUT2D eigenvalue weighted by Gasteiger charge is 2.38. The topological polar surface area (TPSA) is 78.7 Å². The molecule has 0 radical (unpaired) electrons. The Hall–Kier alpha value is -2.45. The summed E-state index contributed by atoms with van der Waals surface area (Å²) >= 11 is 0. The highest BCUT2D eigenvalue weighted by Crippen LogP contribution is 2.31. The lowest BCUT2D eigenvalue weighted by atomic mass is 9.99. The number of para-hydroxylation sites is 1. The summed E-state index contributed by atoms with van der Waals surface area (Å²) in [6.07, 6.45) is 2.57. The number of rotatable bonds is 6. The number of ether oxygens (including phenoxy) is 3. The fraction of sp³-hybridized carbons (Fsp3) is 0.526. The van der Waals surface area contributed by atoms with Gasteiger partial charge in [0, 0.05) is 19.7 Å². The summed E-state index contributed by atoms with van der Waals surface area (Å²) in [4.78, 5) is 15.0. The Bertz CT molecular complexity index is 794. The smallest absolute Gasteiger partial charge is 0.257 e. The van der Waals surface area contributed by atoms with Crippen LogP contribution in [0.1, 0.15) is 35.4 Å². The Labute approximate surface area is 158 Å². The van der Waals surface area contributed by atoms with Crippen LogP contribution in [0.3, 0.4) is 0 Å². The first-order valence-electron chi connectivity index (χ1n) is 9.37. The zero-order valence-electron chi connectivity index (χ0n) is 15.4. The number of amides is 1. The van der Waals surface area contributed by atoms with E-state index in [9.17, 15) is 4.79 Å². The average molecular weight is 372 g/mol. The van der Waals surface area contributed by atoms with Crippen molar-refractivity contribution in [1.29, 1.82) is 0 Å². The van der Waals surface area contributed by atoms with E-state index in [0.29, 0.717) is 50.8 Å². The molecule has 2 atom stereocenters. The minimum Gasteiger partial charge on any atom is -0.490 e. The van der Waals surface area contributed by atoms with Crippen LogP contribution in [-0.2, 0) is 16.1 Å². The first-order chi connectivity index (χ1) is 13.3. The van der Waals surface area contributed by atoms with Gasteiger partial charge in [-0.1, -0.05) is 17.3 Å². The quantitative estimate of drug-likeness (QED) is 0.718. The van der Waals surface area contributed by atoms with Crippen molar-refractivity contribution in [3.8, 4) is 5.75 Å². The second kappa shape index (κ2) is 8.06. The summed E-state index contributed by atoms with van der Waals surface area (Å²) in [7, 11) is 0. The fourth-order valence-corrected chi connectivity index (χ4v) is 3.66. The van der Waals surface area contributed by atoms with Gasteiger partial charge in [-0.25, -0.2) is 4.68 Å². The van der Waals surface area contributed by atoms with E-state index in [-0.39, 0.29) is 18.1 Å². The van der Waals surface area contributed by atoms with Crippen LogP contribution in [0.25, 0.3) is 0 Å². The molecule has 1 aromatic carbocycles. The monoisotopic (exact) mass is 372 g/mol. The number of benzene rings is 1. The molecule has 2 aliphatic heterocycles. The van der Waals surface area contributed by atoms with Gasteiger partial charge in [-0.2, -0.15) is 0 Å². The summed E-state index contributed by atoms with van der Waals surface area (Å²) in [5, 5.41) is 8.18. The number of likely N-dealkylation sites (tertiary alicyclic amines) is 1. The number of hydrogen-bond donors (Lipinski definition) is 0. The number of nitrogens with zero attached hydrogens (tertiary/aromatic N) is 4. The lowest BCUT2D eigenvalue weighted by Crippen LogP contribution is -2.50. The predicted molar refractivity (Wildman–Crippen MR) is 96.6 cm³/mol. The maximum absolute atomic E-state index is 13.2. The van der Waals surface area contributed by atoms with Gasteiger partial charge in [0.15, 0.2) is 0 Å². The Balaban J connectivity index is 1.48. The summed E-state index contributed by atoms with van der Waals surface area (Å²) < 4.78 is 18.9. The average Bonchev–Trinajstić information content (AvgIpc) is 3.20. The fourth-order valence-electron chi connectivity index (χ4n) is 3.66. The lowest BCUT2D eigenvalue weighted by Gasteiger charge is -2.41. The van der Waals surface area contributed by atoms with Gasteiger partial charge in [0.2, 0.25) is 0 Å². The lowest BCUT2D eigenvalue weighted by molar-refractivity contribution is -0.0605. The molecule has 2 aromatic rings. The van der Waals surface area contributed by atoms with E-state index in [1.165, 1.54) is 0 Å². The van der Waals surface area contributed by atoms with Crippen LogP contribution in [0.4, 0.5) is 0 Å². The third kappa shape index (κ3) is 3.68. The first-order valence-corrected chi connectivity index (χ1v) is 9.37. The first kappa shape index (κ1) is 17.9. The van der Waals surface area contributed by atoms with E-state index in [4.69, 9.17) is 14.2 Å². The molecule has 1 fully saturated rings. The van der Waals surface area contributed by atoms with Gasteiger partial charge in [0.25, 0.3) is 5.91 Å². The molecule has 1 aromatic heterocycles. The SMILES string of the molecule is CCOCCOc1ccccc1C(=O)N1CC[C@H]2OCc3cnnn3[C@@H]2C1. The van der Waals surface area contributed by atoms with Gasteiger partial charge in [-0.3, -0.25) is 4.79 Å². The van der Waals surface area contributed by atoms with Gasteiger partial charge < -0.3 is 19.1 Å². The van der Waals surface area contributed by atoms with E-state index < -0.39 is 0 Å². The van der Waals surface area contributed by atoms with Gasteiger partial charge in [-0.05, 0) is 25.5 Å². The number of hydrogen-bond acceptors (Lipinski definition) is 6. The van der Waals surface area contributed by atoms with Crippen molar-refractivity contribution < 1.29 is 19.0 Å². The predicted octanol–water partition coefficient (Wildman–Crippen LogP) is 1.68. The second-order valence-electron chi connectivity index (χ2n) is 6.67. The van der Waals surface area contributed by atoms with Crippen LogP contribution in [0.15, 0.2) is 30.5 Å². The molecule has 8 nitrogen and oxygen atoms in total. The third-order valence-corrected chi connectivity index (χ3v) is 5.02.